The van der Waals surface area contributed by atoms with Gasteiger partial charge in [-0.25, -0.2) is 0 Å². The molecule has 3 aromatic carbocycles. The molecule has 1 atom stereocenters. The molecule has 0 aromatic heterocycles. The average molecular weight is 447 g/mol. The molecule has 1 fully saturated rings. The quantitative estimate of drug-likeness (QED) is 0.523. The minimum atomic E-state index is -0.121. The van der Waals surface area contributed by atoms with Crippen molar-refractivity contribution in [3.8, 4) is 16.9 Å². The Kier molecular flexibility index (Phi) is 7.86. The van der Waals surface area contributed by atoms with E-state index in [4.69, 9.17) is 4.74 Å². The van der Waals surface area contributed by atoms with Crippen LogP contribution >= 0.6 is 11.8 Å². The van der Waals surface area contributed by atoms with Crippen LogP contribution in [0.5, 0.6) is 5.75 Å². The summed E-state index contributed by atoms with van der Waals surface area (Å²) in [7, 11) is 0. The molecule has 0 spiro atoms. The molecule has 1 amide bonds. The number of amides is 1. The van der Waals surface area contributed by atoms with Crippen LogP contribution in [0.3, 0.4) is 0 Å². The van der Waals surface area contributed by atoms with Gasteiger partial charge in [0.1, 0.15) is 11.9 Å². The minimum Gasteiger partial charge on any atom is -0.489 e. The van der Waals surface area contributed by atoms with E-state index in [1.165, 1.54) is 17.1 Å². The van der Waals surface area contributed by atoms with Crippen molar-refractivity contribution in [2.75, 3.05) is 31.1 Å². The van der Waals surface area contributed by atoms with Crippen LogP contribution in [0.4, 0.5) is 0 Å². The van der Waals surface area contributed by atoms with E-state index >= 15 is 0 Å². The molecule has 32 heavy (non-hydrogen) atoms. The van der Waals surface area contributed by atoms with Gasteiger partial charge >= 0.3 is 0 Å². The van der Waals surface area contributed by atoms with Gasteiger partial charge in [-0.1, -0.05) is 54.6 Å². The van der Waals surface area contributed by atoms with Gasteiger partial charge < -0.3 is 10.1 Å². The third kappa shape index (κ3) is 6.38. The van der Waals surface area contributed by atoms with Crippen LogP contribution in [-0.2, 0) is 6.54 Å². The van der Waals surface area contributed by atoms with E-state index in [2.05, 4.69) is 34.5 Å². The number of thioether (sulfide) groups is 1. The summed E-state index contributed by atoms with van der Waals surface area (Å²) in [5.74, 6) is 3.18. The Morgan fingerprint density at radius 3 is 2.44 bits per heavy atom. The summed E-state index contributed by atoms with van der Waals surface area (Å²) < 4.78 is 6.07. The normalized spacial score (nSPS) is 15.2. The third-order valence-corrected chi connectivity index (χ3v) is 6.49. The van der Waals surface area contributed by atoms with Crippen LogP contribution < -0.4 is 10.1 Å². The SMILES string of the molecule is C[C@H](CNC(=O)c1ccc(-c2ccccc2)cc1)Oc1cccc(CN2CCSCC2)c1. The van der Waals surface area contributed by atoms with E-state index in [1.807, 2.05) is 73.3 Å². The highest BCUT2D eigenvalue weighted by Gasteiger charge is 2.12. The van der Waals surface area contributed by atoms with E-state index < -0.39 is 0 Å². The predicted octanol–water partition coefficient (Wildman–Crippen LogP) is 5.10. The highest BCUT2D eigenvalue weighted by Crippen LogP contribution is 2.20. The monoisotopic (exact) mass is 446 g/mol. The second kappa shape index (κ2) is 11.2. The molecule has 1 N–H and O–H groups in total. The lowest BCUT2D eigenvalue weighted by Crippen LogP contribution is -2.33. The van der Waals surface area contributed by atoms with Crippen LogP contribution in [0.2, 0.25) is 0 Å². The molecule has 5 heteroatoms. The molecular weight excluding hydrogens is 416 g/mol. The Bertz CT molecular complexity index is 1000. The lowest BCUT2D eigenvalue weighted by Gasteiger charge is -2.26. The molecule has 0 bridgehead atoms. The van der Waals surface area contributed by atoms with Crippen molar-refractivity contribution in [3.05, 3.63) is 90.0 Å². The zero-order valence-electron chi connectivity index (χ0n) is 18.5. The van der Waals surface area contributed by atoms with Crippen LogP contribution in [0.15, 0.2) is 78.9 Å². The number of nitrogens with one attached hydrogen (secondary N) is 1. The van der Waals surface area contributed by atoms with Gasteiger partial charge in [0.15, 0.2) is 0 Å². The minimum absolute atomic E-state index is 0.0863. The van der Waals surface area contributed by atoms with Crippen molar-refractivity contribution in [2.24, 2.45) is 0 Å². The highest BCUT2D eigenvalue weighted by atomic mass is 32.2. The van der Waals surface area contributed by atoms with E-state index in [0.29, 0.717) is 12.1 Å². The topological polar surface area (TPSA) is 41.6 Å². The Morgan fingerprint density at radius 2 is 1.69 bits per heavy atom. The summed E-state index contributed by atoms with van der Waals surface area (Å²) >= 11 is 2.03. The van der Waals surface area contributed by atoms with Gasteiger partial charge in [-0.3, -0.25) is 9.69 Å². The molecule has 0 radical (unpaired) electrons. The zero-order valence-corrected chi connectivity index (χ0v) is 19.3. The Labute approximate surface area is 195 Å². The van der Waals surface area contributed by atoms with Crippen molar-refractivity contribution in [3.63, 3.8) is 0 Å². The first kappa shape index (κ1) is 22.4. The van der Waals surface area contributed by atoms with E-state index in [9.17, 15) is 4.79 Å². The van der Waals surface area contributed by atoms with E-state index in [-0.39, 0.29) is 12.0 Å². The summed E-state index contributed by atoms with van der Waals surface area (Å²) in [5.41, 5.74) is 4.16. The number of ether oxygens (including phenoxy) is 1. The van der Waals surface area contributed by atoms with Gasteiger partial charge in [-0.2, -0.15) is 11.8 Å². The Morgan fingerprint density at radius 1 is 0.969 bits per heavy atom. The van der Waals surface area contributed by atoms with E-state index in [0.717, 1.165) is 36.5 Å². The molecule has 1 aliphatic rings. The maximum atomic E-state index is 12.6. The smallest absolute Gasteiger partial charge is 0.251 e. The number of hydrogen-bond donors (Lipinski definition) is 1. The molecule has 0 aliphatic carbocycles. The second-order valence-corrected chi connectivity index (χ2v) is 9.34. The molecule has 166 valence electrons. The number of carbonyl (C=O) groups is 1. The zero-order chi connectivity index (χ0) is 22.2. The van der Waals surface area contributed by atoms with Crippen LogP contribution in [0.1, 0.15) is 22.8 Å². The number of hydrogen-bond acceptors (Lipinski definition) is 4. The van der Waals surface area contributed by atoms with Crippen LogP contribution in [0, 0.1) is 0 Å². The fraction of sp³-hybridized carbons (Fsp3) is 0.296. The second-order valence-electron chi connectivity index (χ2n) is 8.12. The maximum Gasteiger partial charge on any atom is 0.251 e. The first-order valence-electron chi connectivity index (χ1n) is 11.2. The lowest BCUT2D eigenvalue weighted by molar-refractivity contribution is 0.0932. The fourth-order valence-electron chi connectivity index (χ4n) is 3.79. The van der Waals surface area contributed by atoms with Crippen molar-refractivity contribution in [2.45, 2.75) is 19.6 Å². The summed E-state index contributed by atoms with van der Waals surface area (Å²) in [5, 5.41) is 2.98. The van der Waals surface area contributed by atoms with Crippen LogP contribution in [-0.4, -0.2) is 48.1 Å². The molecule has 0 saturated carbocycles. The predicted molar refractivity (Wildman–Crippen MR) is 133 cm³/mol. The maximum absolute atomic E-state index is 12.6. The highest BCUT2D eigenvalue weighted by molar-refractivity contribution is 7.99. The van der Waals surface area contributed by atoms with Gasteiger partial charge in [0, 0.05) is 36.7 Å². The summed E-state index contributed by atoms with van der Waals surface area (Å²) in [4.78, 5) is 15.0. The number of carbonyl (C=O) groups excluding carboxylic acids is 1. The van der Waals surface area contributed by atoms with E-state index in [1.54, 1.807) is 0 Å². The summed E-state index contributed by atoms with van der Waals surface area (Å²) in [6, 6.07) is 26.1. The van der Waals surface area contributed by atoms with Gasteiger partial charge in [-0.05, 0) is 47.9 Å². The number of nitrogens with zero attached hydrogens (tertiary/aromatic N) is 1. The number of rotatable bonds is 8. The molecule has 4 nitrogen and oxygen atoms in total. The van der Waals surface area contributed by atoms with Gasteiger partial charge in [0.2, 0.25) is 0 Å². The standard InChI is InChI=1S/C27H30N2O2S/c1-21(31-26-9-5-6-22(18-26)20-29-14-16-32-17-15-29)19-28-27(30)25-12-10-24(11-13-25)23-7-3-2-4-8-23/h2-13,18,21H,14-17,19-20H2,1H3,(H,28,30)/t21-/m1/s1. The fourth-order valence-corrected chi connectivity index (χ4v) is 4.77. The Balaban J connectivity index is 1.27. The largest absolute Gasteiger partial charge is 0.489 e. The molecule has 1 saturated heterocycles. The first-order chi connectivity index (χ1) is 15.7. The molecule has 3 aromatic rings. The van der Waals surface area contributed by atoms with Crippen molar-refractivity contribution in [1.29, 1.82) is 0 Å². The molecule has 1 heterocycles. The summed E-state index contributed by atoms with van der Waals surface area (Å²) in [6.45, 7) is 5.68. The van der Waals surface area contributed by atoms with Crippen molar-refractivity contribution < 1.29 is 9.53 Å². The molecule has 4 rings (SSSR count). The number of benzene rings is 3. The average Bonchev–Trinajstić information content (AvgIpc) is 2.84. The third-order valence-electron chi connectivity index (χ3n) is 5.55. The summed E-state index contributed by atoms with van der Waals surface area (Å²) in [6.07, 6.45) is -0.121. The lowest BCUT2D eigenvalue weighted by atomic mass is 10.0. The van der Waals surface area contributed by atoms with Crippen molar-refractivity contribution >= 4 is 17.7 Å². The Hall–Kier alpha value is -2.76. The van der Waals surface area contributed by atoms with Gasteiger partial charge in [-0.15, -0.1) is 0 Å². The first-order valence-corrected chi connectivity index (χ1v) is 12.3. The molecule has 0 unspecified atom stereocenters. The van der Waals surface area contributed by atoms with Gasteiger partial charge in [0.25, 0.3) is 5.91 Å². The molecule has 1 aliphatic heterocycles. The van der Waals surface area contributed by atoms with Crippen molar-refractivity contribution in [1.82, 2.24) is 10.2 Å². The van der Waals surface area contributed by atoms with Crippen LogP contribution in [0.25, 0.3) is 11.1 Å². The molecular formula is C27H30N2O2S. The van der Waals surface area contributed by atoms with Gasteiger partial charge in [0.05, 0.1) is 6.54 Å².